The third-order valence-electron chi connectivity index (χ3n) is 6.52. The number of piperidine rings is 1. The molecule has 1 atom stereocenters. The van der Waals surface area contributed by atoms with Gasteiger partial charge in [-0.25, -0.2) is 4.79 Å². The molecule has 5 rings (SSSR count). The molecule has 1 amide bonds. The van der Waals surface area contributed by atoms with E-state index in [0.717, 1.165) is 54.8 Å². The van der Waals surface area contributed by atoms with Crippen LogP contribution < -0.4 is 4.90 Å². The maximum absolute atomic E-state index is 13.0. The number of hydrogen-bond donors (Lipinski definition) is 1. The Bertz CT molecular complexity index is 1350. The zero-order valence-corrected chi connectivity index (χ0v) is 19.6. The van der Waals surface area contributed by atoms with Crippen molar-refractivity contribution in [1.82, 2.24) is 19.9 Å². The summed E-state index contributed by atoms with van der Waals surface area (Å²) in [5.74, 6) is -3.14. The van der Waals surface area contributed by atoms with Crippen LogP contribution in [0.5, 0.6) is 0 Å². The summed E-state index contributed by atoms with van der Waals surface area (Å²) in [5.41, 5.74) is 1.42. The van der Waals surface area contributed by atoms with Crippen LogP contribution in [-0.2, 0) is 11.0 Å². The first kappa shape index (κ1) is 27.1. The van der Waals surface area contributed by atoms with Crippen molar-refractivity contribution in [3.63, 3.8) is 0 Å². The monoisotopic (exact) mass is 541 g/mol. The van der Waals surface area contributed by atoms with Crippen molar-refractivity contribution in [3.8, 4) is 0 Å². The summed E-state index contributed by atoms with van der Waals surface area (Å²) in [6, 6.07) is 8.13. The maximum atomic E-state index is 13.0. The van der Waals surface area contributed by atoms with Crippen LogP contribution in [0.15, 0.2) is 48.9 Å². The molecule has 3 aromatic rings. The molecule has 38 heavy (non-hydrogen) atoms. The highest BCUT2D eigenvalue weighted by Crippen LogP contribution is 2.42. The average molecular weight is 541 g/mol. The summed E-state index contributed by atoms with van der Waals surface area (Å²) in [6.45, 7) is 1.87. The number of pyridine rings is 1. The second-order valence-electron chi connectivity index (χ2n) is 8.92. The van der Waals surface area contributed by atoms with E-state index in [-0.39, 0.29) is 17.0 Å². The first-order valence-electron chi connectivity index (χ1n) is 11.4. The number of benzene rings is 1. The molecular formula is C24H21F6N5O3. The van der Waals surface area contributed by atoms with Gasteiger partial charge in [-0.1, -0.05) is 0 Å². The summed E-state index contributed by atoms with van der Waals surface area (Å²) in [5, 5.41) is 7.12. The average Bonchev–Trinajstić information content (AvgIpc) is 2.87. The van der Waals surface area contributed by atoms with Gasteiger partial charge in [-0.3, -0.25) is 19.7 Å². The topological polar surface area (TPSA) is 99.5 Å². The number of nitrogens with zero attached hydrogens (tertiary/aromatic N) is 5. The van der Waals surface area contributed by atoms with Crippen molar-refractivity contribution in [2.45, 2.75) is 37.2 Å². The van der Waals surface area contributed by atoms with Crippen molar-refractivity contribution in [3.05, 3.63) is 60.2 Å². The Morgan fingerprint density at radius 2 is 1.55 bits per heavy atom. The molecule has 1 spiro atoms. The lowest BCUT2D eigenvalue weighted by atomic mass is 9.77. The van der Waals surface area contributed by atoms with Gasteiger partial charge in [0.05, 0.1) is 16.6 Å². The highest BCUT2D eigenvalue weighted by atomic mass is 19.4. The number of alkyl halides is 6. The van der Waals surface area contributed by atoms with Crippen LogP contribution >= 0.6 is 0 Å². The molecule has 0 aliphatic carbocycles. The zero-order valence-electron chi connectivity index (χ0n) is 19.6. The van der Waals surface area contributed by atoms with Crippen LogP contribution in [0.2, 0.25) is 0 Å². The molecule has 0 radical (unpaired) electrons. The van der Waals surface area contributed by atoms with E-state index in [1.807, 2.05) is 18.2 Å². The van der Waals surface area contributed by atoms with Crippen LogP contribution in [-0.4, -0.2) is 68.2 Å². The molecule has 2 aromatic heterocycles. The van der Waals surface area contributed by atoms with Crippen molar-refractivity contribution < 1.29 is 41.0 Å². The van der Waals surface area contributed by atoms with Gasteiger partial charge in [0, 0.05) is 49.5 Å². The van der Waals surface area contributed by atoms with Crippen LogP contribution in [0.1, 0.15) is 35.3 Å². The summed E-state index contributed by atoms with van der Waals surface area (Å²) >= 11 is 0. The van der Waals surface area contributed by atoms with Gasteiger partial charge in [-0.2, -0.15) is 26.3 Å². The molecule has 1 unspecified atom stereocenters. The van der Waals surface area contributed by atoms with Crippen LogP contribution in [0, 0.1) is 0 Å². The number of carboxylic acids is 1. The smallest absolute Gasteiger partial charge is 0.475 e. The predicted molar refractivity (Wildman–Crippen MR) is 122 cm³/mol. The largest absolute Gasteiger partial charge is 0.490 e. The Kier molecular flexibility index (Phi) is 7.17. The van der Waals surface area contributed by atoms with Gasteiger partial charge in [0.15, 0.2) is 0 Å². The van der Waals surface area contributed by atoms with E-state index in [4.69, 9.17) is 9.90 Å². The molecule has 14 heteroatoms. The van der Waals surface area contributed by atoms with Gasteiger partial charge in [-0.05, 0) is 49.6 Å². The fourth-order valence-corrected chi connectivity index (χ4v) is 4.67. The van der Waals surface area contributed by atoms with Crippen molar-refractivity contribution in [2.24, 2.45) is 0 Å². The summed E-state index contributed by atoms with van der Waals surface area (Å²) in [7, 11) is 0. The zero-order chi connectivity index (χ0) is 27.7. The molecule has 2 aliphatic rings. The Hall–Kier alpha value is -3.97. The van der Waals surface area contributed by atoms with Gasteiger partial charge >= 0.3 is 18.3 Å². The third kappa shape index (κ3) is 5.63. The normalized spacial score (nSPS) is 19.5. The van der Waals surface area contributed by atoms with E-state index in [0.29, 0.717) is 13.1 Å². The van der Waals surface area contributed by atoms with Crippen molar-refractivity contribution in [1.29, 1.82) is 0 Å². The number of anilines is 1. The van der Waals surface area contributed by atoms with Crippen LogP contribution in [0.4, 0.5) is 32.0 Å². The minimum absolute atomic E-state index is 0.0197. The number of carbonyl (C=O) groups excluding carboxylic acids is 1. The molecule has 0 saturated carbocycles. The number of aliphatic carboxylic acids is 1. The van der Waals surface area contributed by atoms with Gasteiger partial charge in [0.1, 0.15) is 5.69 Å². The molecule has 2 saturated heterocycles. The van der Waals surface area contributed by atoms with Gasteiger partial charge < -0.3 is 14.9 Å². The number of likely N-dealkylation sites (tertiary alicyclic amines) is 1. The van der Waals surface area contributed by atoms with E-state index < -0.39 is 24.0 Å². The number of halogens is 6. The number of aromatic nitrogens is 3. The second-order valence-corrected chi connectivity index (χ2v) is 8.92. The predicted octanol–water partition coefficient (Wildman–Crippen LogP) is 4.56. The van der Waals surface area contributed by atoms with E-state index in [9.17, 15) is 31.1 Å². The first-order chi connectivity index (χ1) is 17.8. The lowest BCUT2D eigenvalue weighted by molar-refractivity contribution is -0.192. The number of carbonyl (C=O) groups is 2. The van der Waals surface area contributed by atoms with E-state index in [2.05, 4.69) is 19.9 Å². The summed E-state index contributed by atoms with van der Waals surface area (Å²) < 4.78 is 70.8. The van der Waals surface area contributed by atoms with Gasteiger partial charge in [0.25, 0.3) is 5.91 Å². The molecule has 4 heterocycles. The summed E-state index contributed by atoms with van der Waals surface area (Å²) in [4.78, 5) is 37.9. The molecule has 0 bridgehead atoms. The minimum Gasteiger partial charge on any atom is -0.475 e. The number of fused-ring (bicyclic) bond motifs is 1. The molecule has 1 aromatic carbocycles. The highest BCUT2D eigenvalue weighted by molar-refractivity contribution is 5.94. The Morgan fingerprint density at radius 1 is 0.868 bits per heavy atom. The highest BCUT2D eigenvalue weighted by Gasteiger charge is 2.48. The molecular weight excluding hydrogens is 520 g/mol. The quantitative estimate of drug-likeness (QED) is 0.475. The Labute approximate surface area is 211 Å². The lowest BCUT2D eigenvalue weighted by Crippen LogP contribution is -2.67. The van der Waals surface area contributed by atoms with E-state index in [1.54, 1.807) is 17.3 Å². The molecule has 2 fully saturated rings. The summed E-state index contributed by atoms with van der Waals surface area (Å²) in [6.07, 6.45) is -2.65. The fourth-order valence-electron chi connectivity index (χ4n) is 4.67. The van der Waals surface area contributed by atoms with Gasteiger partial charge in [0.2, 0.25) is 0 Å². The number of rotatable bonds is 2. The van der Waals surface area contributed by atoms with Crippen molar-refractivity contribution >= 4 is 28.6 Å². The van der Waals surface area contributed by atoms with E-state index in [1.165, 1.54) is 6.07 Å². The van der Waals surface area contributed by atoms with Crippen molar-refractivity contribution in [2.75, 3.05) is 24.5 Å². The number of hydrogen-bond acceptors (Lipinski definition) is 6. The van der Waals surface area contributed by atoms with E-state index >= 15 is 0 Å². The van der Waals surface area contributed by atoms with Crippen LogP contribution in [0.3, 0.4) is 0 Å². The maximum Gasteiger partial charge on any atom is 0.490 e. The molecule has 202 valence electrons. The van der Waals surface area contributed by atoms with Gasteiger partial charge in [-0.15, -0.1) is 0 Å². The third-order valence-corrected chi connectivity index (χ3v) is 6.52. The minimum atomic E-state index is -5.08. The molecule has 1 N–H and O–H groups in total. The Morgan fingerprint density at radius 3 is 2.16 bits per heavy atom. The standard InChI is InChI=1S/C22H20F3N5O.C2HF3O2/c23-22(24,25)19-12-15(4-7-28-19)20(31)29-10-1-5-21(14-29)6-11-30(21)16-2-3-17-18(13-16)27-9-8-26-17;3-2(4,5)1(6)7/h2-4,7-9,12-13H,1,5-6,10-11,14H2;(H,6,7). The molecule has 2 aliphatic heterocycles. The second kappa shape index (κ2) is 10.1. The lowest BCUT2D eigenvalue weighted by Gasteiger charge is -2.58. The molecule has 8 nitrogen and oxygen atoms in total. The first-order valence-corrected chi connectivity index (χ1v) is 11.4. The van der Waals surface area contributed by atoms with Crippen LogP contribution in [0.25, 0.3) is 11.0 Å². The number of carboxylic acid groups (broad SMARTS) is 1. The SMILES string of the molecule is O=C(O)C(F)(F)F.O=C(c1ccnc(C(F)(F)F)c1)N1CCCC2(CCN2c2ccc3nccnc3c2)C1. The fraction of sp³-hybridized carbons (Fsp3) is 0.375. The Balaban J connectivity index is 0.000000426. The number of amides is 1.